The maximum absolute atomic E-state index is 12.2. The lowest BCUT2D eigenvalue weighted by Crippen LogP contribution is -2.25. The number of carbonyl (C=O) groups excluding carboxylic acids is 2. The molecule has 1 heterocycles. The first-order valence-electron chi connectivity index (χ1n) is 8.15. The average Bonchev–Trinajstić information content (AvgIpc) is 3.33. The van der Waals surface area contributed by atoms with Crippen molar-refractivity contribution in [3.8, 4) is 5.88 Å². The van der Waals surface area contributed by atoms with E-state index in [-0.39, 0.29) is 18.4 Å². The summed E-state index contributed by atoms with van der Waals surface area (Å²) < 4.78 is 10.3. The van der Waals surface area contributed by atoms with E-state index in [1.54, 1.807) is 19.1 Å². The number of rotatable bonds is 6. The molecule has 1 amide bonds. The lowest BCUT2D eigenvalue weighted by atomic mass is 10.1. The van der Waals surface area contributed by atoms with Gasteiger partial charge in [-0.2, -0.15) is 4.98 Å². The van der Waals surface area contributed by atoms with Crippen molar-refractivity contribution in [2.45, 2.75) is 32.7 Å². The van der Waals surface area contributed by atoms with Crippen LogP contribution in [0, 0.1) is 6.92 Å². The van der Waals surface area contributed by atoms with Gasteiger partial charge in [0.1, 0.15) is 3.79 Å². The Morgan fingerprint density at radius 2 is 2.15 bits per heavy atom. The summed E-state index contributed by atoms with van der Waals surface area (Å²) in [4.78, 5) is 27.9. The Balaban J connectivity index is 1.73. The Bertz CT molecular complexity index is 835. The number of nitrogens with one attached hydrogen (secondary N) is 2. The van der Waals surface area contributed by atoms with Gasteiger partial charge in [0.2, 0.25) is 0 Å². The highest BCUT2D eigenvalue weighted by Crippen LogP contribution is 2.36. The minimum Gasteiger partial charge on any atom is -0.434 e. The van der Waals surface area contributed by atoms with Gasteiger partial charge in [-0.3, -0.25) is 4.79 Å². The Morgan fingerprint density at radius 3 is 2.85 bits per heavy atom. The number of aromatic nitrogens is 1. The lowest BCUT2D eigenvalue weighted by molar-refractivity contribution is 0.0950. The molecule has 0 aliphatic heterocycles. The summed E-state index contributed by atoms with van der Waals surface area (Å²) in [5, 5.41) is 6.66. The van der Waals surface area contributed by atoms with Gasteiger partial charge < -0.3 is 20.1 Å². The van der Waals surface area contributed by atoms with Crippen LogP contribution in [-0.2, 0) is 4.74 Å². The highest BCUT2D eigenvalue weighted by atomic mass is 79.9. The number of benzene rings is 1. The number of anilines is 2. The molecule has 1 saturated carbocycles. The molecule has 2 N–H and O–H groups in total. The van der Waals surface area contributed by atoms with Crippen LogP contribution < -0.4 is 15.4 Å². The maximum atomic E-state index is 12.2. The molecule has 0 saturated heterocycles. The number of nitrogens with zero attached hydrogens (tertiary/aromatic N) is 1. The minimum absolute atomic E-state index is 0.0813. The minimum atomic E-state index is -0.806. The highest BCUT2D eigenvalue weighted by molar-refractivity contribution is 9.11. The van der Waals surface area contributed by atoms with Gasteiger partial charge in [0.15, 0.2) is 5.13 Å². The van der Waals surface area contributed by atoms with Crippen molar-refractivity contribution in [2.75, 3.05) is 11.9 Å². The van der Waals surface area contributed by atoms with Gasteiger partial charge in [0, 0.05) is 17.3 Å². The Hall–Kier alpha value is -2.13. The number of ether oxygens (including phenoxy) is 2. The molecule has 1 fully saturated rings. The maximum Gasteiger partial charge on any atom is 0.515 e. The fourth-order valence-corrected chi connectivity index (χ4v) is 3.40. The van der Waals surface area contributed by atoms with Gasteiger partial charge in [0.05, 0.1) is 6.61 Å². The van der Waals surface area contributed by atoms with Crippen molar-refractivity contribution in [3.05, 3.63) is 33.1 Å². The zero-order chi connectivity index (χ0) is 18.7. The van der Waals surface area contributed by atoms with Crippen LogP contribution in [0.2, 0.25) is 0 Å². The average molecular weight is 440 g/mol. The molecule has 2 aromatic rings. The molecule has 138 valence electrons. The molecule has 0 unspecified atom stereocenters. The van der Waals surface area contributed by atoms with Crippen molar-refractivity contribution in [3.63, 3.8) is 0 Å². The molecule has 9 heteroatoms. The molecule has 1 aliphatic carbocycles. The molecule has 0 spiro atoms. The number of thiazole rings is 1. The van der Waals surface area contributed by atoms with Gasteiger partial charge in [0.25, 0.3) is 11.8 Å². The highest BCUT2D eigenvalue weighted by Gasteiger charge is 2.24. The van der Waals surface area contributed by atoms with Gasteiger partial charge in [-0.1, -0.05) is 17.4 Å². The molecule has 0 radical (unpaired) electrons. The molecule has 0 bridgehead atoms. The van der Waals surface area contributed by atoms with E-state index in [0.29, 0.717) is 20.5 Å². The monoisotopic (exact) mass is 439 g/mol. The summed E-state index contributed by atoms with van der Waals surface area (Å²) in [6.07, 6.45) is 1.28. The van der Waals surface area contributed by atoms with Crippen molar-refractivity contribution in [1.29, 1.82) is 0 Å². The standard InChI is InChI=1S/C17H18BrN3O4S/c1-3-24-17(23)25-15-13(18)26-16(21-15)20-12-8-10(5-4-9(12)2)14(22)19-11-6-7-11/h4-5,8,11H,3,6-7H2,1-2H3,(H,19,22)(H,20,21). The molecule has 3 rings (SSSR count). The van der Waals surface area contributed by atoms with Crippen molar-refractivity contribution in [1.82, 2.24) is 10.3 Å². The van der Waals surface area contributed by atoms with Crippen LogP contribution in [0.4, 0.5) is 15.6 Å². The summed E-state index contributed by atoms with van der Waals surface area (Å²) in [6, 6.07) is 5.76. The van der Waals surface area contributed by atoms with Crippen LogP contribution >= 0.6 is 27.3 Å². The van der Waals surface area contributed by atoms with Crippen LogP contribution in [0.1, 0.15) is 35.7 Å². The van der Waals surface area contributed by atoms with Crippen molar-refractivity contribution >= 4 is 50.1 Å². The third kappa shape index (κ3) is 4.73. The third-order valence-electron chi connectivity index (χ3n) is 3.65. The third-order valence-corrected chi connectivity index (χ3v) is 5.22. The Morgan fingerprint density at radius 1 is 1.38 bits per heavy atom. The molecular formula is C17H18BrN3O4S. The molecule has 26 heavy (non-hydrogen) atoms. The van der Waals surface area contributed by atoms with Crippen molar-refractivity contribution < 1.29 is 19.1 Å². The van der Waals surface area contributed by atoms with Gasteiger partial charge >= 0.3 is 6.16 Å². The molecular weight excluding hydrogens is 422 g/mol. The molecule has 0 atom stereocenters. The number of halogens is 1. The van der Waals surface area contributed by atoms with E-state index >= 15 is 0 Å². The van der Waals surface area contributed by atoms with Gasteiger partial charge in [-0.15, -0.1) is 0 Å². The Labute approximate surface area is 163 Å². The number of carbonyl (C=O) groups is 2. The molecule has 1 aromatic carbocycles. The van der Waals surface area contributed by atoms with E-state index in [9.17, 15) is 9.59 Å². The van der Waals surface area contributed by atoms with E-state index in [1.807, 2.05) is 13.0 Å². The van der Waals surface area contributed by atoms with E-state index in [4.69, 9.17) is 9.47 Å². The van der Waals surface area contributed by atoms with Crippen LogP contribution in [0.5, 0.6) is 5.88 Å². The fraction of sp³-hybridized carbons (Fsp3) is 0.353. The van der Waals surface area contributed by atoms with Crippen LogP contribution in [0.15, 0.2) is 22.0 Å². The number of hydrogen-bond donors (Lipinski definition) is 2. The summed E-state index contributed by atoms with van der Waals surface area (Å²) in [5.41, 5.74) is 2.31. The Kier molecular flexibility index (Phi) is 5.77. The SMILES string of the molecule is CCOC(=O)Oc1nc(Nc2cc(C(=O)NC3CC3)ccc2C)sc1Br. The zero-order valence-electron chi connectivity index (χ0n) is 14.3. The van der Waals surface area contributed by atoms with E-state index < -0.39 is 6.16 Å². The van der Waals surface area contributed by atoms with E-state index in [0.717, 1.165) is 24.1 Å². The van der Waals surface area contributed by atoms with Gasteiger partial charge in [-0.25, -0.2) is 4.79 Å². The first kappa shape index (κ1) is 18.7. The second-order valence-corrected chi connectivity index (χ2v) is 8.10. The van der Waals surface area contributed by atoms with Crippen molar-refractivity contribution in [2.24, 2.45) is 0 Å². The van der Waals surface area contributed by atoms with E-state index in [2.05, 4.69) is 31.5 Å². The molecule has 1 aromatic heterocycles. The fourth-order valence-electron chi connectivity index (χ4n) is 2.14. The van der Waals surface area contributed by atoms with E-state index in [1.165, 1.54) is 11.3 Å². The first-order valence-corrected chi connectivity index (χ1v) is 9.76. The quantitative estimate of drug-likeness (QED) is 0.648. The number of hydrogen-bond acceptors (Lipinski definition) is 7. The smallest absolute Gasteiger partial charge is 0.434 e. The zero-order valence-corrected chi connectivity index (χ0v) is 16.7. The van der Waals surface area contributed by atoms with Crippen LogP contribution in [-0.4, -0.2) is 29.7 Å². The molecule has 7 nitrogen and oxygen atoms in total. The summed E-state index contributed by atoms with van der Waals surface area (Å²) in [6.45, 7) is 3.85. The topological polar surface area (TPSA) is 89.6 Å². The van der Waals surface area contributed by atoms with Crippen LogP contribution in [0.25, 0.3) is 0 Å². The summed E-state index contributed by atoms with van der Waals surface area (Å²) >= 11 is 4.59. The van der Waals surface area contributed by atoms with Crippen LogP contribution in [0.3, 0.4) is 0 Å². The summed E-state index contributed by atoms with van der Waals surface area (Å²) in [5.74, 6) is 0.0541. The summed E-state index contributed by atoms with van der Waals surface area (Å²) in [7, 11) is 0. The first-order chi connectivity index (χ1) is 12.5. The second kappa shape index (κ2) is 8.05. The second-order valence-electron chi connectivity index (χ2n) is 5.79. The number of aryl methyl sites for hydroxylation is 1. The van der Waals surface area contributed by atoms with Gasteiger partial charge in [-0.05, 0) is 60.3 Å². The predicted octanol–water partition coefficient (Wildman–Crippen LogP) is 4.39. The normalized spacial score (nSPS) is 13.2. The predicted molar refractivity (Wildman–Crippen MR) is 102 cm³/mol. The largest absolute Gasteiger partial charge is 0.515 e. The molecule has 1 aliphatic rings. The lowest BCUT2D eigenvalue weighted by Gasteiger charge is -2.10. The number of amides is 1.